The minimum absolute atomic E-state index is 0.211. The molecular formula is C11H20N2O4. The lowest BCUT2D eigenvalue weighted by Gasteiger charge is -2.33. The molecule has 1 aliphatic rings. The smallest absolute Gasteiger partial charge is 0.303 e. The molecule has 3 N–H and O–H groups in total. The first-order chi connectivity index (χ1) is 8.11. The van der Waals surface area contributed by atoms with Crippen LogP contribution in [0.4, 0.5) is 0 Å². The van der Waals surface area contributed by atoms with Gasteiger partial charge in [-0.15, -0.1) is 0 Å². The SMILES string of the molecule is NC(=O)C1COCCN1CCCCCC(=O)O. The van der Waals surface area contributed by atoms with E-state index in [4.69, 9.17) is 15.6 Å². The molecule has 1 atom stereocenters. The van der Waals surface area contributed by atoms with Crippen molar-refractivity contribution in [3.63, 3.8) is 0 Å². The Kier molecular flexibility index (Phi) is 5.93. The summed E-state index contributed by atoms with van der Waals surface area (Å²) in [5, 5.41) is 8.49. The molecule has 1 heterocycles. The van der Waals surface area contributed by atoms with Crippen molar-refractivity contribution < 1.29 is 19.4 Å². The van der Waals surface area contributed by atoms with Gasteiger partial charge in [-0.05, 0) is 19.4 Å². The van der Waals surface area contributed by atoms with Crippen molar-refractivity contribution in [2.45, 2.75) is 31.7 Å². The summed E-state index contributed by atoms with van der Waals surface area (Å²) in [5.41, 5.74) is 5.29. The van der Waals surface area contributed by atoms with Crippen LogP contribution in [0.5, 0.6) is 0 Å². The highest BCUT2D eigenvalue weighted by Gasteiger charge is 2.26. The number of nitrogens with two attached hydrogens (primary N) is 1. The van der Waals surface area contributed by atoms with Crippen molar-refractivity contribution in [3.05, 3.63) is 0 Å². The number of ether oxygens (including phenoxy) is 1. The van der Waals surface area contributed by atoms with E-state index in [1.54, 1.807) is 0 Å². The van der Waals surface area contributed by atoms with Crippen LogP contribution in [-0.2, 0) is 14.3 Å². The number of carbonyl (C=O) groups is 2. The number of hydrogen-bond donors (Lipinski definition) is 2. The minimum Gasteiger partial charge on any atom is -0.481 e. The minimum atomic E-state index is -0.758. The van der Waals surface area contributed by atoms with E-state index in [1.165, 1.54) is 0 Å². The second kappa shape index (κ2) is 7.24. The topological polar surface area (TPSA) is 92.9 Å². The van der Waals surface area contributed by atoms with E-state index < -0.39 is 5.97 Å². The number of carboxylic acid groups (broad SMARTS) is 1. The van der Waals surface area contributed by atoms with Crippen LogP contribution in [0.3, 0.4) is 0 Å². The molecule has 1 amide bonds. The standard InChI is InChI=1S/C11H20N2O4/c12-11(16)9-8-17-7-6-13(9)5-3-1-2-4-10(14)15/h9H,1-8H2,(H2,12,16)(H,14,15). The molecule has 0 aliphatic carbocycles. The van der Waals surface area contributed by atoms with Crippen molar-refractivity contribution in [1.82, 2.24) is 4.90 Å². The van der Waals surface area contributed by atoms with Gasteiger partial charge in [-0.2, -0.15) is 0 Å². The molecule has 6 heteroatoms. The molecule has 1 unspecified atom stereocenters. The maximum absolute atomic E-state index is 11.2. The zero-order valence-electron chi connectivity index (χ0n) is 9.93. The number of carbonyl (C=O) groups excluding carboxylic acids is 1. The molecule has 0 spiro atoms. The lowest BCUT2D eigenvalue weighted by Crippen LogP contribution is -2.52. The van der Waals surface area contributed by atoms with Gasteiger partial charge in [0.15, 0.2) is 0 Å². The molecule has 1 saturated heterocycles. The quantitative estimate of drug-likeness (QED) is 0.606. The molecule has 0 aromatic rings. The number of hydrogen-bond acceptors (Lipinski definition) is 4. The molecule has 0 bridgehead atoms. The van der Waals surface area contributed by atoms with Gasteiger partial charge in [-0.1, -0.05) is 6.42 Å². The zero-order chi connectivity index (χ0) is 12.7. The number of rotatable bonds is 7. The molecule has 0 radical (unpaired) electrons. The Morgan fingerprint density at radius 1 is 1.35 bits per heavy atom. The zero-order valence-corrected chi connectivity index (χ0v) is 9.93. The first-order valence-corrected chi connectivity index (χ1v) is 5.94. The maximum atomic E-state index is 11.2. The molecule has 0 aromatic heterocycles. The van der Waals surface area contributed by atoms with Gasteiger partial charge in [0.05, 0.1) is 13.2 Å². The average Bonchev–Trinajstić information content (AvgIpc) is 2.28. The summed E-state index contributed by atoms with van der Waals surface area (Å²) in [7, 11) is 0. The van der Waals surface area contributed by atoms with E-state index in [2.05, 4.69) is 0 Å². The number of morpholine rings is 1. The average molecular weight is 244 g/mol. The molecule has 0 aromatic carbocycles. The van der Waals surface area contributed by atoms with E-state index in [1.807, 2.05) is 4.90 Å². The summed E-state index contributed by atoms with van der Waals surface area (Å²) in [6.45, 7) is 2.48. The Morgan fingerprint density at radius 2 is 2.12 bits per heavy atom. The number of unbranched alkanes of at least 4 members (excludes halogenated alkanes) is 2. The van der Waals surface area contributed by atoms with Crippen LogP contribution in [0.2, 0.25) is 0 Å². The summed E-state index contributed by atoms with van der Waals surface area (Å²) in [4.78, 5) is 23.5. The highest BCUT2D eigenvalue weighted by Crippen LogP contribution is 2.09. The monoisotopic (exact) mass is 244 g/mol. The van der Waals surface area contributed by atoms with Crippen molar-refractivity contribution in [3.8, 4) is 0 Å². The fourth-order valence-corrected chi connectivity index (χ4v) is 1.94. The van der Waals surface area contributed by atoms with Crippen molar-refractivity contribution in [2.75, 3.05) is 26.3 Å². The van der Waals surface area contributed by atoms with E-state index >= 15 is 0 Å². The van der Waals surface area contributed by atoms with Gasteiger partial charge in [-0.25, -0.2) is 0 Å². The van der Waals surface area contributed by atoms with Crippen LogP contribution >= 0.6 is 0 Å². The molecule has 1 aliphatic heterocycles. The summed E-state index contributed by atoms with van der Waals surface area (Å²) in [5.74, 6) is -1.11. The lowest BCUT2D eigenvalue weighted by atomic mass is 10.1. The fourth-order valence-electron chi connectivity index (χ4n) is 1.94. The van der Waals surface area contributed by atoms with Gasteiger partial charge in [0.2, 0.25) is 5.91 Å². The van der Waals surface area contributed by atoms with E-state index in [-0.39, 0.29) is 18.4 Å². The third-order valence-electron chi connectivity index (χ3n) is 2.90. The van der Waals surface area contributed by atoms with Crippen LogP contribution in [0, 0.1) is 0 Å². The summed E-state index contributed by atoms with van der Waals surface area (Å²) in [6, 6.07) is -0.330. The van der Waals surface area contributed by atoms with Crippen LogP contribution in [-0.4, -0.2) is 54.2 Å². The number of nitrogens with zero attached hydrogens (tertiary/aromatic N) is 1. The van der Waals surface area contributed by atoms with Crippen LogP contribution < -0.4 is 5.73 Å². The molecular weight excluding hydrogens is 224 g/mol. The lowest BCUT2D eigenvalue weighted by molar-refractivity contribution is -0.137. The van der Waals surface area contributed by atoms with Gasteiger partial charge in [-0.3, -0.25) is 14.5 Å². The third-order valence-corrected chi connectivity index (χ3v) is 2.90. The summed E-state index contributed by atoms with van der Waals surface area (Å²) >= 11 is 0. The van der Waals surface area contributed by atoms with Crippen molar-refractivity contribution >= 4 is 11.9 Å². The van der Waals surface area contributed by atoms with Crippen molar-refractivity contribution in [1.29, 1.82) is 0 Å². The Hall–Kier alpha value is -1.14. The number of primary amides is 1. The molecule has 17 heavy (non-hydrogen) atoms. The number of carboxylic acids is 1. The Morgan fingerprint density at radius 3 is 2.76 bits per heavy atom. The molecule has 6 nitrogen and oxygen atoms in total. The highest BCUT2D eigenvalue weighted by molar-refractivity contribution is 5.80. The van der Waals surface area contributed by atoms with E-state index in [0.29, 0.717) is 26.2 Å². The maximum Gasteiger partial charge on any atom is 0.303 e. The van der Waals surface area contributed by atoms with Gasteiger partial charge < -0.3 is 15.6 Å². The van der Waals surface area contributed by atoms with Crippen LogP contribution in [0.15, 0.2) is 0 Å². The Balaban J connectivity index is 2.19. The van der Waals surface area contributed by atoms with Gasteiger partial charge >= 0.3 is 5.97 Å². The predicted octanol–water partition coefficient (Wildman–Crippen LogP) is -0.182. The largest absolute Gasteiger partial charge is 0.481 e. The summed E-state index contributed by atoms with van der Waals surface area (Å²) < 4.78 is 5.21. The second-order valence-electron chi connectivity index (χ2n) is 4.23. The fraction of sp³-hybridized carbons (Fsp3) is 0.818. The predicted molar refractivity (Wildman–Crippen MR) is 61.5 cm³/mol. The molecule has 98 valence electrons. The number of aliphatic carboxylic acids is 1. The molecule has 1 rings (SSSR count). The summed E-state index contributed by atoms with van der Waals surface area (Å²) in [6.07, 6.45) is 2.63. The van der Waals surface area contributed by atoms with Crippen LogP contribution in [0.1, 0.15) is 25.7 Å². The van der Waals surface area contributed by atoms with E-state index in [9.17, 15) is 9.59 Å². The van der Waals surface area contributed by atoms with Crippen LogP contribution in [0.25, 0.3) is 0 Å². The first kappa shape index (κ1) is 13.9. The van der Waals surface area contributed by atoms with Gasteiger partial charge in [0.25, 0.3) is 0 Å². The van der Waals surface area contributed by atoms with Gasteiger partial charge in [0.1, 0.15) is 6.04 Å². The van der Waals surface area contributed by atoms with E-state index in [0.717, 1.165) is 19.4 Å². The van der Waals surface area contributed by atoms with Crippen molar-refractivity contribution in [2.24, 2.45) is 5.73 Å². The number of amides is 1. The normalized spacial score (nSPS) is 21.3. The van der Waals surface area contributed by atoms with Gasteiger partial charge in [0, 0.05) is 13.0 Å². The Labute approximate surface area is 101 Å². The molecule has 1 fully saturated rings. The first-order valence-electron chi connectivity index (χ1n) is 5.94. The third kappa shape index (κ3) is 5.14. The second-order valence-corrected chi connectivity index (χ2v) is 4.23. The molecule has 0 saturated carbocycles. The highest BCUT2D eigenvalue weighted by atomic mass is 16.5. The Bertz CT molecular complexity index is 270.